The highest BCUT2D eigenvalue weighted by molar-refractivity contribution is 5.14. The van der Waals surface area contributed by atoms with Crippen molar-refractivity contribution in [1.82, 2.24) is 5.32 Å². The van der Waals surface area contributed by atoms with Gasteiger partial charge in [-0.3, -0.25) is 0 Å². The molecule has 1 saturated heterocycles. The predicted molar refractivity (Wildman–Crippen MR) is 31.3 cm³/mol. The van der Waals surface area contributed by atoms with Crippen molar-refractivity contribution in [3.05, 3.63) is 5.92 Å². The van der Waals surface area contributed by atoms with Gasteiger partial charge in [0.2, 0.25) is 0 Å². The summed E-state index contributed by atoms with van der Waals surface area (Å²) in [7, 11) is 0. The molecular formula is C6H11FN. The highest BCUT2D eigenvalue weighted by atomic mass is 19.1. The van der Waals surface area contributed by atoms with Crippen LogP contribution < -0.4 is 5.32 Å². The maximum absolute atomic E-state index is 12.8. The minimum absolute atomic E-state index is 0.767. The van der Waals surface area contributed by atoms with Gasteiger partial charge in [0.25, 0.3) is 0 Å². The summed E-state index contributed by atoms with van der Waals surface area (Å²) in [5.74, 6) is 0.984. The smallest absolute Gasteiger partial charge is 0.114 e. The Balaban J connectivity index is 2.34. The van der Waals surface area contributed by atoms with E-state index in [-0.39, 0.29) is 0 Å². The normalized spacial score (nSPS) is 22.9. The summed E-state index contributed by atoms with van der Waals surface area (Å²) >= 11 is 0. The topological polar surface area (TPSA) is 12.0 Å². The van der Waals surface area contributed by atoms with Gasteiger partial charge < -0.3 is 5.32 Å². The highest BCUT2D eigenvalue weighted by Gasteiger charge is 2.34. The quantitative estimate of drug-likeness (QED) is 0.537. The first-order chi connectivity index (χ1) is 3.61. The van der Waals surface area contributed by atoms with Crippen LogP contribution in [-0.4, -0.2) is 18.8 Å². The Bertz CT molecular complexity index is 81.0. The third kappa shape index (κ3) is 0.996. The van der Waals surface area contributed by atoms with Gasteiger partial charge in [-0.25, -0.2) is 4.39 Å². The van der Waals surface area contributed by atoms with Crippen LogP contribution in [0.15, 0.2) is 0 Å². The summed E-state index contributed by atoms with van der Waals surface area (Å²) in [6.45, 7) is 4.74. The molecule has 1 aliphatic heterocycles. The summed E-state index contributed by atoms with van der Waals surface area (Å²) in [6, 6.07) is 0. The molecule has 1 nitrogen and oxygen atoms in total. The summed E-state index contributed by atoms with van der Waals surface area (Å²) < 4.78 is 12.8. The second-order valence-corrected chi connectivity index (χ2v) is 2.68. The standard InChI is InChI=1S/C6H11FN/c1-6(2,7)5-3-8-4-5/h8H,3-4H2,1-2H3. The zero-order valence-corrected chi connectivity index (χ0v) is 5.29. The molecule has 1 radical (unpaired) electrons. The molecule has 0 saturated carbocycles. The summed E-state index contributed by atoms with van der Waals surface area (Å²) in [5, 5.41) is 2.99. The van der Waals surface area contributed by atoms with Gasteiger partial charge in [-0.05, 0) is 13.8 Å². The first-order valence-corrected chi connectivity index (χ1v) is 2.85. The van der Waals surface area contributed by atoms with Crippen LogP contribution in [0.25, 0.3) is 0 Å². The molecule has 0 aromatic carbocycles. The Morgan fingerprint density at radius 3 is 2.00 bits per heavy atom. The van der Waals surface area contributed by atoms with Crippen molar-refractivity contribution >= 4 is 0 Å². The molecule has 1 heterocycles. The van der Waals surface area contributed by atoms with E-state index in [1.54, 1.807) is 13.8 Å². The van der Waals surface area contributed by atoms with Crippen molar-refractivity contribution in [2.75, 3.05) is 13.1 Å². The van der Waals surface area contributed by atoms with E-state index >= 15 is 0 Å². The molecule has 0 aromatic rings. The van der Waals surface area contributed by atoms with E-state index in [0.29, 0.717) is 0 Å². The number of halogens is 1. The largest absolute Gasteiger partial charge is 0.315 e. The zero-order chi connectivity index (χ0) is 6.20. The van der Waals surface area contributed by atoms with Crippen LogP contribution >= 0.6 is 0 Å². The maximum atomic E-state index is 12.8. The number of nitrogens with one attached hydrogen (secondary N) is 1. The first-order valence-electron chi connectivity index (χ1n) is 2.85. The lowest BCUT2D eigenvalue weighted by atomic mass is 9.88. The van der Waals surface area contributed by atoms with E-state index in [1.807, 2.05) is 0 Å². The van der Waals surface area contributed by atoms with Gasteiger partial charge >= 0.3 is 0 Å². The molecule has 0 aliphatic carbocycles. The van der Waals surface area contributed by atoms with Crippen LogP contribution in [0.5, 0.6) is 0 Å². The van der Waals surface area contributed by atoms with Crippen LogP contribution in [0.1, 0.15) is 13.8 Å². The van der Waals surface area contributed by atoms with Crippen LogP contribution in [0, 0.1) is 5.92 Å². The van der Waals surface area contributed by atoms with Crippen LogP contribution in [0.3, 0.4) is 0 Å². The third-order valence-electron chi connectivity index (χ3n) is 1.52. The molecule has 1 fully saturated rings. The Morgan fingerprint density at radius 1 is 1.50 bits per heavy atom. The van der Waals surface area contributed by atoms with Gasteiger partial charge in [-0.2, -0.15) is 0 Å². The third-order valence-corrected chi connectivity index (χ3v) is 1.52. The average molecular weight is 116 g/mol. The summed E-state index contributed by atoms with van der Waals surface area (Å²) in [4.78, 5) is 0. The molecule has 0 spiro atoms. The fraction of sp³-hybridized carbons (Fsp3) is 0.833. The lowest BCUT2D eigenvalue weighted by molar-refractivity contribution is 0.198. The average Bonchev–Trinajstić information content (AvgIpc) is 1.16. The van der Waals surface area contributed by atoms with Gasteiger partial charge in [0, 0.05) is 19.0 Å². The van der Waals surface area contributed by atoms with Gasteiger partial charge in [0.05, 0.1) is 0 Å². The van der Waals surface area contributed by atoms with Crippen molar-refractivity contribution in [2.24, 2.45) is 0 Å². The van der Waals surface area contributed by atoms with Crippen molar-refractivity contribution in [2.45, 2.75) is 19.5 Å². The molecule has 0 unspecified atom stereocenters. The predicted octanol–water partition coefficient (Wildman–Crippen LogP) is 0.912. The fourth-order valence-corrected chi connectivity index (χ4v) is 0.670. The molecule has 0 bridgehead atoms. The molecule has 8 heavy (non-hydrogen) atoms. The van der Waals surface area contributed by atoms with Crippen molar-refractivity contribution < 1.29 is 4.39 Å². The van der Waals surface area contributed by atoms with Gasteiger partial charge in [0.1, 0.15) is 5.67 Å². The summed E-state index contributed by atoms with van der Waals surface area (Å²) in [6.07, 6.45) is 0. The molecule has 1 rings (SSSR count). The van der Waals surface area contributed by atoms with E-state index in [2.05, 4.69) is 5.32 Å². The molecule has 2 heteroatoms. The van der Waals surface area contributed by atoms with Crippen molar-refractivity contribution in [3.8, 4) is 0 Å². The molecule has 0 aromatic heterocycles. The van der Waals surface area contributed by atoms with E-state index < -0.39 is 5.67 Å². The zero-order valence-electron chi connectivity index (χ0n) is 5.29. The molecule has 1 aliphatic rings. The number of hydrogen-bond acceptors (Lipinski definition) is 1. The second kappa shape index (κ2) is 1.69. The monoisotopic (exact) mass is 116 g/mol. The Labute approximate surface area is 49.3 Å². The van der Waals surface area contributed by atoms with Gasteiger partial charge in [-0.1, -0.05) is 0 Å². The second-order valence-electron chi connectivity index (χ2n) is 2.68. The minimum atomic E-state index is -1.05. The van der Waals surface area contributed by atoms with E-state index in [0.717, 1.165) is 19.0 Å². The SMILES string of the molecule is CC(C)(F)[C]1CNC1. The highest BCUT2D eigenvalue weighted by Crippen LogP contribution is 2.25. The molecular weight excluding hydrogens is 105 g/mol. The lowest BCUT2D eigenvalue weighted by Gasteiger charge is -2.34. The molecule has 47 valence electrons. The van der Waals surface area contributed by atoms with Gasteiger partial charge in [-0.15, -0.1) is 0 Å². The Hall–Kier alpha value is -0.110. The first kappa shape index (κ1) is 6.02. The minimum Gasteiger partial charge on any atom is -0.315 e. The number of hydrogen-bond donors (Lipinski definition) is 1. The van der Waals surface area contributed by atoms with Gasteiger partial charge in [0.15, 0.2) is 0 Å². The maximum Gasteiger partial charge on any atom is 0.114 e. The Morgan fingerprint density at radius 2 is 2.00 bits per heavy atom. The fourth-order valence-electron chi connectivity index (χ4n) is 0.670. The molecule has 1 N–H and O–H groups in total. The van der Waals surface area contributed by atoms with Crippen LogP contribution in [0.4, 0.5) is 4.39 Å². The van der Waals surface area contributed by atoms with Crippen molar-refractivity contribution in [3.63, 3.8) is 0 Å². The molecule has 0 amide bonds. The Kier molecular flexibility index (Phi) is 1.27. The van der Waals surface area contributed by atoms with Crippen molar-refractivity contribution in [1.29, 1.82) is 0 Å². The van der Waals surface area contributed by atoms with E-state index in [1.165, 1.54) is 0 Å². The number of rotatable bonds is 1. The van der Waals surface area contributed by atoms with E-state index in [9.17, 15) is 4.39 Å². The van der Waals surface area contributed by atoms with Crippen LogP contribution in [0.2, 0.25) is 0 Å². The molecule has 0 atom stereocenters. The summed E-state index contributed by atoms with van der Waals surface area (Å²) in [5.41, 5.74) is -1.05. The van der Waals surface area contributed by atoms with Crippen LogP contribution in [-0.2, 0) is 0 Å². The van der Waals surface area contributed by atoms with E-state index in [4.69, 9.17) is 0 Å². The lowest BCUT2D eigenvalue weighted by Crippen LogP contribution is -2.49. The number of alkyl halides is 1.